The number of aliphatic hydroxyl groups excluding tert-OH is 1. The van der Waals surface area contributed by atoms with Crippen LogP contribution in [-0.4, -0.2) is 38.8 Å². The summed E-state index contributed by atoms with van der Waals surface area (Å²) in [5.74, 6) is -0.264. The first-order valence-corrected chi connectivity index (χ1v) is 10.3. The van der Waals surface area contributed by atoms with Crippen LogP contribution in [0.15, 0.2) is 48.5 Å². The number of rotatable bonds is 8. The number of nitrogens with one attached hydrogen (secondary N) is 2. The Balaban J connectivity index is 2.04. The van der Waals surface area contributed by atoms with Gasteiger partial charge in [0.15, 0.2) is 0 Å². The van der Waals surface area contributed by atoms with Crippen molar-refractivity contribution in [2.24, 2.45) is 0 Å². The number of aliphatic hydroxyl groups is 1. The summed E-state index contributed by atoms with van der Waals surface area (Å²) in [5.41, 5.74) is 3.21. The van der Waals surface area contributed by atoms with Gasteiger partial charge in [-0.15, -0.1) is 0 Å². The van der Waals surface area contributed by atoms with Crippen molar-refractivity contribution in [3.05, 3.63) is 59.7 Å². The molecule has 0 aromatic heterocycles. The maximum absolute atomic E-state index is 12.2. The number of benzene rings is 2. The molecule has 1 atom stereocenters. The third-order valence-corrected chi connectivity index (χ3v) is 4.64. The summed E-state index contributed by atoms with van der Waals surface area (Å²) < 4.78 is 24.3. The summed E-state index contributed by atoms with van der Waals surface area (Å²) in [6, 6.07) is 14.8. The van der Waals surface area contributed by atoms with Gasteiger partial charge >= 0.3 is 0 Å². The SMILES string of the molecule is CC[C@@H](O)c1ccc(-c2cccc(C(=O)NCCNS(C)(=O)=O)c2)cc1. The van der Waals surface area contributed by atoms with Crippen molar-refractivity contribution < 1.29 is 18.3 Å². The van der Waals surface area contributed by atoms with Crippen LogP contribution in [-0.2, 0) is 10.0 Å². The molecule has 2 rings (SSSR count). The van der Waals surface area contributed by atoms with Gasteiger partial charge in [-0.1, -0.05) is 43.3 Å². The second kappa shape index (κ2) is 8.93. The van der Waals surface area contributed by atoms with Gasteiger partial charge in [-0.3, -0.25) is 4.79 Å². The Bertz CT molecular complexity index is 848. The zero-order valence-electron chi connectivity index (χ0n) is 14.9. The van der Waals surface area contributed by atoms with Crippen molar-refractivity contribution in [2.75, 3.05) is 19.3 Å². The van der Waals surface area contributed by atoms with Crippen LogP contribution < -0.4 is 10.0 Å². The van der Waals surface area contributed by atoms with Crippen LogP contribution in [0.2, 0.25) is 0 Å². The Morgan fingerprint density at radius 3 is 2.38 bits per heavy atom. The molecule has 7 heteroatoms. The molecule has 0 fully saturated rings. The van der Waals surface area contributed by atoms with Crippen LogP contribution in [0.4, 0.5) is 0 Å². The van der Waals surface area contributed by atoms with Gasteiger partial charge in [-0.05, 0) is 35.2 Å². The van der Waals surface area contributed by atoms with E-state index in [0.717, 1.165) is 22.9 Å². The second-order valence-corrected chi connectivity index (χ2v) is 7.88. The maximum atomic E-state index is 12.2. The maximum Gasteiger partial charge on any atom is 0.251 e. The van der Waals surface area contributed by atoms with Crippen LogP contribution in [0.25, 0.3) is 11.1 Å². The van der Waals surface area contributed by atoms with Gasteiger partial charge in [0.2, 0.25) is 10.0 Å². The molecule has 2 aromatic rings. The molecule has 0 heterocycles. The summed E-state index contributed by atoms with van der Waals surface area (Å²) in [5, 5.41) is 12.5. The molecule has 0 saturated heterocycles. The molecule has 0 saturated carbocycles. The van der Waals surface area contributed by atoms with Gasteiger partial charge < -0.3 is 10.4 Å². The Kier molecular flexibility index (Phi) is 6.90. The van der Waals surface area contributed by atoms with Crippen molar-refractivity contribution in [1.82, 2.24) is 10.0 Å². The third kappa shape index (κ3) is 5.94. The number of carbonyl (C=O) groups excluding carboxylic acids is 1. The smallest absolute Gasteiger partial charge is 0.251 e. The minimum atomic E-state index is -3.26. The highest BCUT2D eigenvalue weighted by Crippen LogP contribution is 2.24. The third-order valence-electron chi connectivity index (χ3n) is 3.92. The molecule has 6 nitrogen and oxygen atoms in total. The number of hydrogen-bond acceptors (Lipinski definition) is 4. The van der Waals surface area contributed by atoms with Gasteiger partial charge in [-0.25, -0.2) is 13.1 Å². The monoisotopic (exact) mass is 376 g/mol. The van der Waals surface area contributed by atoms with Gasteiger partial charge in [0.1, 0.15) is 0 Å². The zero-order valence-corrected chi connectivity index (χ0v) is 15.7. The van der Waals surface area contributed by atoms with Crippen LogP contribution >= 0.6 is 0 Å². The molecule has 3 N–H and O–H groups in total. The molecule has 0 radical (unpaired) electrons. The summed E-state index contributed by atoms with van der Waals surface area (Å²) in [6.45, 7) is 2.28. The van der Waals surface area contributed by atoms with E-state index in [2.05, 4.69) is 10.0 Å². The number of hydrogen-bond donors (Lipinski definition) is 3. The molecule has 0 aliphatic rings. The highest BCUT2D eigenvalue weighted by Gasteiger charge is 2.09. The Morgan fingerprint density at radius 2 is 1.77 bits per heavy atom. The predicted molar refractivity (Wildman–Crippen MR) is 102 cm³/mol. The van der Waals surface area contributed by atoms with Gasteiger partial charge in [-0.2, -0.15) is 0 Å². The van der Waals surface area contributed by atoms with Gasteiger partial charge in [0.25, 0.3) is 5.91 Å². The topological polar surface area (TPSA) is 95.5 Å². The van der Waals surface area contributed by atoms with E-state index in [1.807, 2.05) is 37.3 Å². The second-order valence-electron chi connectivity index (χ2n) is 6.05. The lowest BCUT2D eigenvalue weighted by molar-refractivity contribution is 0.0954. The van der Waals surface area contributed by atoms with E-state index < -0.39 is 16.1 Å². The van der Waals surface area contributed by atoms with E-state index in [1.54, 1.807) is 18.2 Å². The fourth-order valence-corrected chi connectivity index (χ4v) is 2.96. The van der Waals surface area contributed by atoms with E-state index in [0.29, 0.717) is 12.0 Å². The first kappa shape index (κ1) is 20.1. The normalized spacial score (nSPS) is 12.6. The Labute approximate surface area is 154 Å². The van der Waals surface area contributed by atoms with Crippen molar-refractivity contribution >= 4 is 15.9 Å². The van der Waals surface area contributed by atoms with Crippen molar-refractivity contribution in [1.29, 1.82) is 0 Å². The molecule has 2 aromatic carbocycles. The lowest BCUT2D eigenvalue weighted by atomic mass is 9.99. The highest BCUT2D eigenvalue weighted by atomic mass is 32.2. The molecule has 26 heavy (non-hydrogen) atoms. The molecule has 0 aliphatic carbocycles. The first-order chi connectivity index (χ1) is 12.3. The molecular formula is C19H24N2O4S. The highest BCUT2D eigenvalue weighted by molar-refractivity contribution is 7.88. The summed E-state index contributed by atoms with van der Waals surface area (Å²) in [6.07, 6.45) is 1.26. The Hall–Kier alpha value is -2.22. The summed E-state index contributed by atoms with van der Waals surface area (Å²) in [4.78, 5) is 12.2. The molecule has 0 unspecified atom stereocenters. The van der Waals surface area contributed by atoms with E-state index in [1.165, 1.54) is 0 Å². The molecule has 140 valence electrons. The van der Waals surface area contributed by atoms with Crippen molar-refractivity contribution in [3.8, 4) is 11.1 Å². The molecule has 0 bridgehead atoms. The minimum Gasteiger partial charge on any atom is -0.388 e. The number of sulfonamides is 1. The average molecular weight is 376 g/mol. The minimum absolute atomic E-state index is 0.144. The van der Waals surface area contributed by atoms with Gasteiger partial charge in [0.05, 0.1) is 12.4 Å². The standard InChI is InChI=1S/C19H24N2O4S/c1-3-18(22)15-9-7-14(8-10-15)16-5-4-6-17(13-16)19(23)20-11-12-21-26(2,24)25/h4-10,13,18,21-22H,3,11-12H2,1-2H3,(H,20,23)/t18-/m1/s1. The molecule has 0 spiro atoms. The Morgan fingerprint density at radius 1 is 1.08 bits per heavy atom. The first-order valence-electron chi connectivity index (χ1n) is 8.41. The van der Waals surface area contributed by atoms with E-state index >= 15 is 0 Å². The zero-order chi connectivity index (χ0) is 19.2. The predicted octanol–water partition coefficient (Wildman–Crippen LogP) is 2.08. The largest absolute Gasteiger partial charge is 0.388 e. The quantitative estimate of drug-likeness (QED) is 0.615. The fraction of sp³-hybridized carbons (Fsp3) is 0.316. The van der Waals surface area contributed by atoms with Crippen LogP contribution in [0, 0.1) is 0 Å². The molecular weight excluding hydrogens is 352 g/mol. The number of carbonyl (C=O) groups is 1. The lowest BCUT2D eigenvalue weighted by Gasteiger charge is -2.10. The van der Waals surface area contributed by atoms with E-state index in [4.69, 9.17) is 0 Å². The summed E-state index contributed by atoms with van der Waals surface area (Å²) >= 11 is 0. The fourth-order valence-electron chi connectivity index (χ4n) is 2.49. The molecule has 1 amide bonds. The molecule has 0 aliphatic heterocycles. The van der Waals surface area contributed by atoms with Crippen LogP contribution in [0.5, 0.6) is 0 Å². The lowest BCUT2D eigenvalue weighted by Crippen LogP contribution is -2.34. The van der Waals surface area contributed by atoms with Crippen molar-refractivity contribution in [2.45, 2.75) is 19.4 Å². The average Bonchev–Trinajstić information content (AvgIpc) is 2.64. The van der Waals surface area contributed by atoms with E-state index in [9.17, 15) is 18.3 Å². The van der Waals surface area contributed by atoms with Crippen LogP contribution in [0.1, 0.15) is 35.4 Å². The number of amides is 1. The van der Waals surface area contributed by atoms with E-state index in [-0.39, 0.29) is 19.0 Å². The van der Waals surface area contributed by atoms with Gasteiger partial charge in [0, 0.05) is 18.7 Å². The van der Waals surface area contributed by atoms with Crippen molar-refractivity contribution in [3.63, 3.8) is 0 Å². The van der Waals surface area contributed by atoms with Crippen LogP contribution in [0.3, 0.4) is 0 Å². The summed E-state index contributed by atoms with van der Waals surface area (Å²) in [7, 11) is -3.26.